The number of aliphatic hydroxyl groups is 1. The molecule has 2 fully saturated rings. The third-order valence-corrected chi connectivity index (χ3v) is 5.53. The lowest BCUT2D eigenvalue weighted by Crippen LogP contribution is -2.45. The zero-order chi connectivity index (χ0) is 17.1. The lowest BCUT2D eigenvalue weighted by atomic mass is 9.89. The number of likely N-dealkylation sites (tertiary alicyclic amines) is 1. The van der Waals surface area contributed by atoms with Crippen LogP contribution in [0.1, 0.15) is 30.4 Å². The van der Waals surface area contributed by atoms with Crippen molar-refractivity contribution in [3.63, 3.8) is 0 Å². The molecular formula is C20H27N3O2. The molecule has 1 aromatic heterocycles. The summed E-state index contributed by atoms with van der Waals surface area (Å²) in [5.74, 6) is 0.246. The Morgan fingerprint density at radius 3 is 2.84 bits per heavy atom. The fourth-order valence-corrected chi connectivity index (χ4v) is 4.23. The second kappa shape index (κ2) is 7.68. The normalized spacial score (nSPS) is 27.6. The first-order chi connectivity index (χ1) is 12.3. The van der Waals surface area contributed by atoms with Crippen LogP contribution in [0.15, 0.2) is 42.7 Å². The van der Waals surface area contributed by atoms with Gasteiger partial charge in [0.1, 0.15) is 0 Å². The Morgan fingerprint density at radius 1 is 1.12 bits per heavy atom. The van der Waals surface area contributed by atoms with E-state index in [-0.39, 0.29) is 12.0 Å². The Morgan fingerprint density at radius 2 is 2.00 bits per heavy atom. The second-order valence-electron chi connectivity index (χ2n) is 7.31. The van der Waals surface area contributed by atoms with Crippen molar-refractivity contribution in [1.29, 1.82) is 0 Å². The van der Waals surface area contributed by atoms with Gasteiger partial charge in [-0.3, -0.25) is 9.58 Å². The first-order valence-corrected chi connectivity index (χ1v) is 9.35. The van der Waals surface area contributed by atoms with Crippen LogP contribution in [0.5, 0.6) is 0 Å². The summed E-state index contributed by atoms with van der Waals surface area (Å²) in [6, 6.07) is 10.8. The predicted octanol–water partition coefficient (Wildman–Crippen LogP) is 2.29. The maximum atomic E-state index is 10.4. The summed E-state index contributed by atoms with van der Waals surface area (Å²) >= 11 is 0. The largest absolute Gasteiger partial charge is 0.393 e. The van der Waals surface area contributed by atoms with Crippen LogP contribution >= 0.6 is 0 Å². The molecule has 1 N–H and O–H groups in total. The molecule has 3 unspecified atom stereocenters. The summed E-state index contributed by atoms with van der Waals surface area (Å²) in [5.41, 5.74) is 2.51. The minimum atomic E-state index is -0.222. The van der Waals surface area contributed by atoms with Gasteiger partial charge in [-0.1, -0.05) is 30.3 Å². The molecule has 5 nitrogen and oxygen atoms in total. The van der Waals surface area contributed by atoms with Gasteiger partial charge in [-0.05, 0) is 31.4 Å². The predicted molar refractivity (Wildman–Crippen MR) is 96.1 cm³/mol. The fourth-order valence-electron chi connectivity index (χ4n) is 4.23. The molecule has 4 rings (SSSR count). The van der Waals surface area contributed by atoms with Gasteiger partial charge in [-0.25, -0.2) is 0 Å². The monoisotopic (exact) mass is 341 g/mol. The topological polar surface area (TPSA) is 50.5 Å². The SMILES string of the molecule is OC1CCOCC1C1CCCN1Cc1cnn(Cc2ccccc2)c1. The van der Waals surface area contributed by atoms with Crippen LogP contribution in [0, 0.1) is 5.92 Å². The van der Waals surface area contributed by atoms with E-state index in [4.69, 9.17) is 4.74 Å². The number of rotatable bonds is 5. The van der Waals surface area contributed by atoms with Gasteiger partial charge in [0.2, 0.25) is 0 Å². The summed E-state index contributed by atoms with van der Waals surface area (Å²) in [5, 5.41) is 14.9. The number of hydrogen-bond acceptors (Lipinski definition) is 4. The van der Waals surface area contributed by atoms with Gasteiger partial charge in [0, 0.05) is 36.9 Å². The van der Waals surface area contributed by atoms with Crippen LogP contribution < -0.4 is 0 Å². The minimum Gasteiger partial charge on any atom is -0.393 e. The lowest BCUT2D eigenvalue weighted by Gasteiger charge is -2.36. The standard InChI is InChI=1S/C20H27N3O2/c24-20-8-10-25-15-18(20)19-7-4-9-22(19)12-17-11-21-23(14-17)13-16-5-2-1-3-6-16/h1-3,5-6,11,14,18-20,24H,4,7-10,12-13,15H2. The zero-order valence-corrected chi connectivity index (χ0v) is 14.6. The van der Waals surface area contributed by atoms with Crippen molar-refractivity contribution in [3.05, 3.63) is 53.9 Å². The highest BCUT2D eigenvalue weighted by molar-refractivity contribution is 5.15. The first kappa shape index (κ1) is 16.8. The molecule has 2 aliphatic heterocycles. The number of nitrogens with zero attached hydrogens (tertiary/aromatic N) is 3. The van der Waals surface area contributed by atoms with Crippen molar-refractivity contribution in [2.45, 2.75) is 44.5 Å². The molecule has 0 saturated carbocycles. The van der Waals surface area contributed by atoms with E-state index in [1.54, 1.807) is 0 Å². The van der Waals surface area contributed by atoms with Crippen LogP contribution in [0.3, 0.4) is 0 Å². The van der Waals surface area contributed by atoms with Gasteiger partial charge in [0.25, 0.3) is 0 Å². The molecule has 0 spiro atoms. The van der Waals surface area contributed by atoms with Gasteiger partial charge in [-0.15, -0.1) is 0 Å². The van der Waals surface area contributed by atoms with Gasteiger partial charge in [-0.2, -0.15) is 5.10 Å². The van der Waals surface area contributed by atoms with Crippen molar-refractivity contribution in [2.75, 3.05) is 19.8 Å². The quantitative estimate of drug-likeness (QED) is 0.907. The average molecular weight is 341 g/mol. The molecule has 5 heteroatoms. The van der Waals surface area contributed by atoms with E-state index in [9.17, 15) is 5.11 Å². The summed E-state index contributed by atoms with van der Waals surface area (Å²) in [7, 11) is 0. The van der Waals surface area contributed by atoms with Gasteiger partial charge in [0.15, 0.2) is 0 Å². The number of ether oxygens (including phenoxy) is 1. The number of benzene rings is 1. The number of aromatic nitrogens is 2. The molecule has 0 bridgehead atoms. The molecule has 2 aliphatic rings. The Balaban J connectivity index is 1.39. The van der Waals surface area contributed by atoms with E-state index < -0.39 is 0 Å². The van der Waals surface area contributed by atoms with Crippen molar-refractivity contribution < 1.29 is 9.84 Å². The maximum Gasteiger partial charge on any atom is 0.0659 e. The molecule has 134 valence electrons. The second-order valence-corrected chi connectivity index (χ2v) is 7.31. The van der Waals surface area contributed by atoms with Crippen LogP contribution in [0.2, 0.25) is 0 Å². The summed E-state index contributed by atoms with van der Waals surface area (Å²) < 4.78 is 7.64. The highest BCUT2D eigenvalue weighted by atomic mass is 16.5. The van der Waals surface area contributed by atoms with E-state index in [0.29, 0.717) is 19.3 Å². The van der Waals surface area contributed by atoms with E-state index in [1.165, 1.54) is 17.5 Å². The van der Waals surface area contributed by atoms with E-state index in [2.05, 4.69) is 40.5 Å². The van der Waals surface area contributed by atoms with E-state index >= 15 is 0 Å². The minimum absolute atomic E-state index is 0.222. The smallest absolute Gasteiger partial charge is 0.0659 e. The Labute approximate surface area is 149 Å². The lowest BCUT2D eigenvalue weighted by molar-refractivity contribution is -0.0636. The molecule has 2 aromatic rings. The zero-order valence-electron chi connectivity index (χ0n) is 14.6. The van der Waals surface area contributed by atoms with Crippen LogP contribution in [-0.4, -0.2) is 51.7 Å². The van der Waals surface area contributed by atoms with Crippen molar-refractivity contribution in [2.24, 2.45) is 5.92 Å². The third kappa shape index (κ3) is 3.94. The molecule has 2 saturated heterocycles. The van der Waals surface area contributed by atoms with Crippen molar-refractivity contribution >= 4 is 0 Å². The first-order valence-electron chi connectivity index (χ1n) is 9.35. The highest BCUT2D eigenvalue weighted by Gasteiger charge is 2.37. The maximum absolute atomic E-state index is 10.4. The van der Waals surface area contributed by atoms with E-state index in [0.717, 1.165) is 32.5 Å². The van der Waals surface area contributed by atoms with E-state index in [1.807, 2.05) is 16.9 Å². The van der Waals surface area contributed by atoms with Crippen molar-refractivity contribution in [3.8, 4) is 0 Å². The third-order valence-electron chi connectivity index (χ3n) is 5.53. The average Bonchev–Trinajstić information content (AvgIpc) is 3.26. The molecule has 1 aromatic carbocycles. The van der Waals surface area contributed by atoms with Gasteiger partial charge < -0.3 is 9.84 Å². The number of hydrogen-bond donors (Lipinski definition) is 1. The Bertz CT molecular complexity index is 673. The van der Waals surface area contributed by atoms with Crippen LogP contribution in [-0.2, 0) is 17.8 Å². The summed E-state index contributed by atoms with van der Waals surface area (Å²) in [6.07, 6.45) is 7.03. The molecule has 3 heterocycles. The Hall–Kier alpha value is -1.69. The molecule has 3 atom stereocenters. The number of aliphatic hydroxyl groups excluding tert-OH is 1. The summed E-state index contributed by atoms with van der Waals surface area (Å²) in [6.45, 7) is 4.19. The Kier molecular flexibility index (Phi) is 5.15. The highest BCUT2D eigenvalue weighted by Crippen LogP contribution is 2.30. The van der Waals surface area contributed by atoms with Gasteiger partial charge in [0.05, 0.1) is 25.5 Å². The van der Waals surface area contributed by atoms with Crippen molar-refractivity contribution in [1.82, 2.24) is 14.7 Å². The molecular weight excluding hydrogens is 314 g/mol. The fraction of sp³-hybridized carbons (Fsp3) is 0.550. The summed E-state index contributed by atoms with van der Waals surface area (Å²) in [4.78, 5) is 2.51. The molecule has 0 aliphatic carbocycles. The van der Waals surface area contributed by atoms with Crippen LogP contribution in [0.25, 0.3) is 0 Å². The van der Waals surface area contributed by atoms with Gasteiger partial charge >= 0.3 is 0 Å². The molecule has 25 heavy (non-hydrogen) atoms. The van der Waals surface area contributed by atoms with Crippen LogP contribution in [0.4, 0.5) is 0 Å². The molecule has 0 amide bonds. The molecule has 0 radical (unpaired) electrons.